The predicted octanol–water partition coefficient (Wildman–Crippen LogP) is 3.06. The van der Waals surface area contributed by atoms with E-state index in [1.807, 2.05) is 13.0 Å². The summed E-state index contributed by atoms with van der Waals surface area (Å²) in [7, 11) is 0. The second kappa shape index (κ2) is 7.16. The van der Waals surface area contributed by atoms with Crippen molar-refractivity contribution in [1.82, 2.24) is 0 Å². The van der Waals surface area contributed by atoms with E-state index >= 15 is 0 Å². The molecule has 17 heavy (non-hydrogen) atoms. The predicted molar refractivity (Wildman–Crippen MR) is 75.4 cm³/mol. The topological polar surface area (TPSA) is 51.0 Å². The molecule has 0 saturated carbocycles. The Hall–Kier alpha value is -1.24. The van der Waals surface area contributed by atoms with E-state index in [0.717, 1.165) is 9.13 Å². The van der Waals surface area contributed by atoms with Gasteiger partial charge < -0.3 is 14.7 Å². The number of rotatable bonds is 6. The summed E-state index contributed by atoms with van der Waals surface area (Å²) in [6, 6.07) is 3.62. The molecule has 0 aliphatic carbocycles. The SMILES string of the molecule is C=CCOc1c(I)cc(/C=N\O)cc1OCC. The lowest BCUT2D eigenvalue weighted by Gasteiger charge is -2.13. The maximum Gasteiger partial charge on any atom is 0.174 e. The molecule has 0 atom stereocenters. The van der Waals surface area contributed by atoms with Crippen molar-refractivity contribution in [2.45, 2.75) is 6.92 Å². The Morgan fingerprint density at radius 2 is 2.24 bits per heavy atom. The van der Waals surface area contributed by atoms with Gasteiger partial charge in [0.05, 0.1) is 16.4 Å². The van der Waals surface area contributed by atoms with Gasteiger partial charge >= 0.3 is 0 Å². The van der Waals surface area contributed by atoms with Crippen LogP contribution in [0, 0.1) is 3.57 Å². The zero-order valence-electron chi connectivity index (χ0n) is 9.52. The molecule has 0 unspecified atom stereocenters. The maximum atomic E-state index is 8.52. The highest BCUT2D eigenvalue weighted by Crippen LogP contribution is 2.33. The van der Waals surface area contributed by atoms with Crippen molar-refractivity contribution in [2.24, 2.45) is 5.16 Å². The molecule has 1 aromatic carbocycles. The summed E-state index contributed by atoms with van der Waals surface area (Å²) in [6.45, 7) is 6.47. The zero-order valence-corrected chi connectivity index (χ0v) is 11.7. The van der Waals surface area contributed by atoms with E-state index in [-0.39, 0.29) is 0 Å². The molecule has 0 radical (unpaired) electrons. The molecule has 0 aliphatic rings. The van der Waals surface area contributed by atoms with Gasteiger partial charge in [0.1, 0.15) is 6.61 Å². The standard InChI is InChI=1S/C12H14INO3/c1-3-5-17-12-10(13)6-9(8-14-15)7-11(12)16-4-2/h3,6-8,15H,1,4-5H2,2H3/b14-8-. The molecular formula is C12H14INO3. The molecule has 5 heteroatoms. The van der Waals surface area contributed by atoms with Crippen LogP contribution in [-0.4, -0.2) is 24.6 Å². The zero-order chi connectivity index (χ0) is 12.7. The van der Waals surface area contributed by atoms with Crippen molar-refractivity contribution in [3.63, 3.8) is 0 Å². The Labute approximate surface area is 114 Å². The lowest BCUT2D eigenvalue weighted by Crippen LogP contribution is -2.02. The summed E-state index contributed by atoms with van der Waals surface area (Å²) in [5.74, 6) is 1.32. The summed E-state index contributed by atoms with van der Waals surface area (Å²) in [6.07, 6.45) is 3.02. The fourth-order valence-electron chi connectivity index (χ4n) is 1.27. The summed E-state index contributed by atoms with van der Waals surface area (Å²) >= 11 is 2.15. The van der Waals surface area contributed by atoms with E-state index in [2.05, 4.69) is 34.3 Å². The van der Waals surface area contributed by atoms with Crippen molar-refractivity contribution in [3.05, 3.63) is 33.9 Å². The summed E-state index contributed by atoms with van der Waals surface area (Å²) in [4.78, 5) is 0. The van der Waals surface area contributed by atoms with Gasteiger partial charge in [-0.05, 0) is 41.6 Å². The molecule has 0 aliphatic heterocycles. The number of oxime groups is 1. The molecule has 0 heterocycles. The van der Waals surface area contributed by atoms with E-state index < -0.39 is 0 Å². The van der Waals surface area contributed by atoms with Gasteiger partial charge in [0.2, 0.25) is 0 Å². The molecule has 4 nitrogen and oxygen atoms in total. The van der Waals surface area contributed by atoms with Crippen LogP contribution in [0.15, 0.2) is 29.9 Å². The molecule has 92 valence electrons. The number of nitrogens with zero attached hydrogens (tertiary/aromatic N) is 1. The fourth-order valence-corrected chi connectivity index (χ4v) is 2.06. The van der Waals surface area contributed by atoms with Gasteiger partial charge in [-0.1, -0.05) is 17.8 Å². The normalized spacial score (nSPS) is 10.5. The lowest BCUT2D eigenvalue weighted by atomic mass is 10.2. The van der Waals surface area contributed by atoms with Crippen LogP contribution in [0.25, 0.3) is 0 Å². The Morgan fingerprint density at radius 3 is 2.82 bits per heavy atom. The summed E-state index contributed by atoms with van der Waals surface area (Å²) in [5.41, 5.74) is 0.756. The van der Waals surface area contributed by atoms with Crippen LogP contribution in [0.3, 0.4) is 0 Å². The van der Waals surface area contributed by atoms with Gasteiger partial charge in [0, 0.05) is 5.56 Å². The van der Waals surface area contributed by atoms with Crippen molar-refractivity contribution < 1.29 is 14.7 Å². The second-order valence-corrected chi connectivity index (χ2v) is 4.27. The molecule has 0 saturated heterocycles. The second-order valence-electron chi connectivity index (χ2n) is 3.11. The average molecular weight is 347 g/mol. The van der Waals surface area contributed by atoms with Crippen LogP contribution in [0.1, 0.15) is 12.5 Å². The number of halogens is 1. The molecule has 0 amide bonds. The summed E-state index contributed by atoms with van der Waals surface area (Å²) in [5, 5.41) is 11.5. The summed E-state index contributed by atoms with van der Waals surface area (Å²) < 4.78 is 11.9. The van der Waals surface area contributed by atoms with Gasteiger partial charge in [0.15, 0.2) is 11.5 Å². The van der Waals surface area contributed by atoms with Crippen LogP contribution < -0.4 is 9.47 Å². The van der Waals surface area contributed by atoms with Crippen molar-refractivity contribution in [2.75, 3.05) is 13.2 Å². The molecule has 0 bridgehead atoms. The Balaban J connectivity index is 3.12. The number of ether oxygens (including phenoxy) is 2. The van der Waals surface area contributed by atoms with Crippen molar-refractivity contribution in [3.8, 4) is 11.5 Å². The Kier molecular flexibility index (Phi) is 5.82. The Bertz CT molecular complexity index is 418. The minimum Gasteiger partial charge on any atom is -0.490 e. The van der Waals surface area contributed by atoms with E-state index in [1.165, 1.54) is 6.21 Å². The molecule has 1 N–H and O–H groups in total. The molecule has 1 aromatic rings. The largest absolute Gasteiger partial charge is 0.490 e. The third kappa shape index (κ3) is 3.92. The maximum absolute atomic E-state index is 8.52. The first-order chi connectivity index (χ1) is 8.22. The van der Waals surface area contributed by atoms with Crippen LogP contribution in [-0.2, 0) is 0 Å². The highest BCUT2D eigenvalue weighted by Gasteiger charge is 2.11. The third-order valence-corrected chi connectivity index (χ3v) is 2.69. The minimum atomic E-state index is 0.420. The average Bonchev–Trinajstić information content (AvgIpc) is 2.29. The highest BCUT2D eigenvalue weighted by molar-refractivity contribution is 14.1. The minimum absolute atomic E-state index is 0.420. The molecular weight excluding hydrogens is 333 g/mol. The quantitative estimate of drug-likeness (QED) is 0.283. The lowest BCUT2D eigenvalue weighted by molar-refractivity contribution is 0.295. The highest BCUT2D eigenvalue weighted by atomic mass is 127. The van der Waals surface area contributed by atoms with Crippen LogP contribution in [0.4, 0.5) is 0 Å². The third-order valence-electron chi connectivity index (χ3n) is 1.88. The van der Waals surface area contributed by atoms with Crippen LogP contribution in [0.5, 0.6) is 11.5 Å². The van der Waals surface area contributed by atoms with Crippen LogP contribution >= 0.6 is 22.6 Å². The van der Waals surface area contributed by atoms with Gasteiger partial charge in [-0.15, -0.1) is 0 Å². The molecule has 1 rings (SSSR count). The first-order valence-corrected chi connectivity index (χ1v) is 6.18. The van der Waals surface area contributed by atoms with E-state index in [1.54, 1.807) is 12.1 Å². The molecule has 0 aromatic heterocycles. The van der Waals surface area contributed by atoms with Crippen molar-refractivity contribution in [1.29, 1.82) is 0 Å². The molecule has 0 spiro atoms. The van der Waals surface area contributed by atoms with Gasteiger partial charge in [-0.2, -0.15) is 0 Å². The van der Waals surface area contributed by atoms with Gasteiger partial charge in [-0.25, -0.2) is 0 Å². The van der Waals surface area contributed by atoms with E-state index in [0.29, 0.717) is 24.7 Å². The van der Waals surface area contributed by atoms with E-state index in [4.69, 9.17) is 14.7 Å². The van der Waals surface area contributed by atoms with Crippen molar-refractivity contribution >= 4 is 28.8 Å². The van der Waals surface area contributed by atoms with E-state index in [9.17, 15) is 0 Å². The Morgan fingerprint density at radius 1 is 1.47 bits per heavy atom. The smallest absolute Gasteiger partial charge is 0.174 e. The first kappa shape index (κ1) is 13.8. The monoisotopic (exact) mass is 347 g/mol. The van der Waals surface area contributed by atoms with Crippen LogP contribution in [0.2, 0.25) is 0 Å². The number of hydrogen-bond donors (Lipinski definition) is 1. The first-order valence-electron chi connectivity index (χ1n) is 5.10. The number of benzene rings is 1. The van der Waals surface area contributed by atoms with Gasteiger partial charge in [-0.3, -0.25) is 0 Å². The fraction of sp³-hybridized carbons (Fsp3) is 0.250. The van der Waals surface area contributed by atoms with Gasteiger partial charge in [0.25, 0.3) is 0 Å². The molecule has 0 fully saturated rings. The number of hydrogen-bond acceptors (Lipinski definition) is 4.